The van der Waals surface area contributed by atoms with E-state index in [1.165, 1.54) is 0 Å². The topological polar surface area (TPSA) is 70.8 Å². The number of carbonyl (C=O) groups is 1. The fourth-order valence-corrected chi connectivity index (χ4v) is 2.47. The number of nitrogens with two attached hydrogens (primary N) is 1. The maximum absolute atomic E-state index is 11.3. The van der Waals surface area contributed by atoms with Crippen LogP contribution in [0.2, 0.25) is 0 Å². The molecule has 0 atom stereocenters. The van der Waals surface area contributed by atoms with Gasteiger partial charge in [-0.3, -0.25) is 4.79 Å². The molecule has 1 fully saturated rings. The van der Waals surface area contributed by atoms with Crippen LogP contribution in [0.5, 0.6) is 5.75 Å². The Morgan fingerprint density at radius 3 is 2.38 bits per heavy atom. The first-order valence-electron chi connectivity index (χ1n) is 8.22. The van der Waals surface area contributed by atoms with E-state index in [9.17, 15) is 4.79 Å². The van der Waals surface area contributed by atoms with Crippen molar-refractivity contribution in [2.75, 3.05) is 13.2 Å². The third-order valence-electron chi connectivity index (χ3n) is 4.60. The number of ether oxygens (including phenoxy) is 1. The first-order chi connectivity index (χ1) is 11.2. The number of aldehydes is 1. The lowest BCUT2D eigenvalue weighted by molar-refractivity contribution is 0.00578. The summed E-state index contributed by atoms with van der Waals surface area (Å²) in [6, 6.07) is 5.45. The van der Waals surface area contributed by atoms with Crippen LogP contribution in [0.3, 0.4) is 0 Å². The highest BCUT2D eigenvalue weighted by molar-refractivity contribution is 6.55. The Morgan fingerprint density at radius 1 is 1.25 bits per heavy atom. The van der Waals surface area contributed by atoms with Crippen LogP contribution in [0, 0.1) is 0 Å². The molecule has 0 aromatic heterocycles. The van der Waals surface area contributed by atoms with E-state index in [1.54, 1.807) is 12.1 Å². The van der Waals surface area contributed by atoms with Gasteiger partial charge in [-0.25, -0.2) is 0 Å². The Morgan fingerprint density at radius 2 is 1.88 bits per heavy atom. The molecule has 0 radical (unpaired) electrons. The molecule has 0 bridgehead atoms. The Bertz CT molecular complexity index is 624. The van der Waals surface area contributed by atoms with Gasteiger partial charge in [-0.2, -0.15) is 0 Å². The molecule has 24 heavy (non-hydrogen) atoms. The van der Waals surface area contributed by atoms with E-state index in [2.05, 4.69) is 0 Å². The maximum Gasteiger partial charge on any atom is 0.491 e. The van der Waals surface area contributed by atoms with Crippen molar-refractivity contribution >= 4 is 19.5 Å². The van der Waals surface area contributed by atoms with Crippen LogP contribution >= 0.6 is 0 Å². The van der Waals surface area contributed by atoms with Gasteiger partial charge in [-0.15, -0.1) is 0 Å². The molecule has 1 heterocycles. The van der Waals surface area contributed by atoms with E-state index in [1.807, 2.05) is 46.8 Å². The van der Waals surface area contributed by atoms with Crippen LogP contribution in [-0.4, -0.2) is 37.8 Å². The third-order valence-corrected chi connectivity index (χ3v) is 4.60. The van der Waals surface area contributed by atoms with Gasteiger partial charge >= 0.3 is 7.12 Å². The number of carbonyl (C=O) groups excluding carboxylic acids is 1. The largest absolute Gasteiger partial charge is 0.493 e. The van der Waals surface area contributed by atoms with Crippen molar-refractivity contribution < 1.29 is 18.8 Å². The van der Waals surface area contributed by atoms with Gasteiger partial charge in [0.1, 0.15) is 5.75 Å². The molecule has 0 aliphatic carbocycles. The summed E-state index contributed by atoms with van der Waals surface area (Å²) in [5, 5.41) is 0. The summed E-state index contributed by atoms with van der Waals surface area (Å²) in [5.41, 5.74) is 7.26. The molecule has 1 aromatic carbocycles. The number of hydrogen-bond donors (Lipinski definition) is 1. The first-order valence-corrected chi connectivity index (χ1v) is 8.22. The van der Waals surface area contributed by atoms with Gasteiger partial charge in [0.15, 0.2) is 6.29 Å². The second kappa shape index (κ2) is 7.09. The Labute approximate surface area is 144 Å². The predicted octanol–water partition coefficient (Wildman–Crippen LogP) is 2.87. The highest BCUT2D eigenvalue weighted by Gasteiger charge is 2.52. The normalized spacial score (nSPS) is 19.4. The SMILES string of the molecule is CCOc1ccc(C=C(CN)B2OC(C)(C)C(C)(C)O2)cc1C=O. The second-order valence-corrected chi connectivity index (χ2v) is 6.86. The first kappa shape index (κ1) is 18.7. The third kappa shape index (κ3) is 3.71. The summed E-state index contributed by atoms with van der Waals surface area (Å²) in [7, 11) is -0.494. The molecule has 1 saturated heterocycles. The van der Waals surface area contributed by atoms with Gasteiger partial charge in [-0.1, -0.05) is 12.1 Å². The van der Waals surface area contributed by atoms with Crippen LogP contribution in [0.4, 0.5) is 0 Å². The number of benzene rings is 1. The lowest BCUT2D eigenvalue weighted by Crippen LogP contribution is -2.41. The Kier molecular flexibility index (Phi) is 5.53. The monoisotopic (exact) mass is 331 g/mol. The van der Waals surface area contributed by atoms with E-state index in [-0.39, 0.29) is 0 Å². The Hall–Kier alpha value is -1.63. The van der Waals surface area contributed by atoms with E-state index in [0.717, 1.165) is 17.3 Å². The highest BCUT2D eigenvalue weighted by atomic mass is 16.7. The van der Waals surface area contributed by atoms with Gasteiger partial charge < -0.3 is 19.8 Å². The van der Waals surface area contributed by atoms with Crippen molar-refractivity contribution in [1.82, 2.24) is 0 Å². The van der Waals surface area contributed by atoms with Crippen molar-refractivity contribution in [2.45, 2.75) is 45.8 Å². The zero-order valence-corrected chi connectivity index (χ0v) is 15.1. The van der Waals surface area contributed by atoms with E-state index >= 15 is 0 Å². The number of hydrogen-bond acceptors (Lipinski definition) is 5. The minimum atomic E-state index is -0.494. The molecule has 1 aliphatic heterocycles. The smallest absolute Gasteiger partial charge is 0.491 e. The minimum Gasteiger partial charge on any atom is -0.493 e. The standard InChI is InChI=1S/C18H26BNO4/c1-6-22-16-8-7-13(9-14(16)12-21)10-15(11-20)19-23-17(2,3)18(4,5)24-19/h7-10,12H,6,11,20H2,1-5H3. The maximum atomic E-state index is 11.3. The van der Waals surface area contributed by atoms with Gasteiger partial charge in [0.05, 0.1) is 23.4 Å². The van der Waals surface area contributed by atoms with Crippen molar-refractivity contribution in [3.8, 4) is 5.75 Å². The molecule has 0 saturated carbocycles. The second-order valence-electron chi connectivity index (χ2n) is 6.86. The fourth-order valence-electron chi connectivity index (χ4n) is 2.47. The number of rotatable bonds is 6. The summed E-state index contributed by atoms with van der Waals surface area (Å²) < 4.78 is 17.5. The predicted molar refractivity (Wildman–Crippen MR) is 96.1 cm³/mol. The van der Waals surface area contributed by atoms with Crippen molar-refractivity contribution in [2.24, 2.45) is 5.73 Å². The zero-order chi connectivity index (χ0) is 18.0. The molecule has 5 nitrogen and oxygen atoms in total. The lowest BCUT2D eigenvalue weighted by Gasteiger charge is -2.32. The molecule has 0 spiro atoms. The van der Waals surface area contributed by atoms with Crippen LogP contribution < -0.4 is 10.5 Å². The van der Waals surface area contributed by atoms with Crippen LogP contribution in [0.25, 0.3) is 6.08 Å². The molecule has 130 valence electrons. The van der Waals surface area contributed by atoms with Crippen LogP contribution in [-0.2, 0) is 9.31 Å². The molecular formula is C18H26BNO4. The van der Waals surface area contributed by atoms with E-state index < -0.39 is 18.3 Å². The lowest BCUT2D eigenvalue weighted by atomic mass is 9.77. The average molecular weight is 331 g/mol. The van der Waals surface area contributed by atoms with Gasteiger partial charge in [0.25, 0.3) is 0 Å². The molecule has 0 unspecified atom stereocenters. The summed E-state index contributed by atoms with van der Waals surface area (Å²) in [4.78, 5) is 11.3. The minimum absolute atomic E-state index is 0.306. The Balaban J connectivity index is 2.30. The molecule has 2 N–H and O–H groups in total. The zero-order valence-electron chi connectivity index (χ0n) is 15.1. The van der Waals surface area contributed by atoms with Gasteiger partial charge in [-0.05, 0) is 57.8 Å². The quantitative estimate of drug-likeness (QED) is 0.641. The van der Waals surface area contributed by atoms with Crippen molar-refractivity contribution in [3.63, 3.8) is 0 Å². The molecule has 1 aromatic rings. The van der Waals surface area contributed by atoms with Gasteiger partial charge in [0.2, 0.25) is 0 Å². The highest BCUT2D eigenvalue weighted by Crippen LogP contribution is 2.38. The average Bonchev–Trinajstić information content (AvgIpc) is 2.74. The molecular weight excluding hydrogens is 305 g/mol. The molecule has 6 heteroatoms. The molecule has 0 amide bonds. The molecule has 1 aliphatic rings. The van der Waals surface area contributed by atoms with Crippen LogP contribution in [0.15, 0.2) is 23.7 Å². The molecule has 2 rings (SSSR count). The summed E-state index contributed by atoms with van der Waals surface area (Å²) in [5.74, 6) is 0.578. The van der Waals surface area contributed by atoms with Crippen molar-refractivity contribution in [1.29, 1.82) is 0 Å². The van der Waals surface area contributed by atoms with Gasteiger partial charge in [0, 0.05) is 6.54 Å². The fraction of sp³-hybridized carbons (Fsp3) is 0.500. The van der Waals surface area contributed by atoms with Crippen molar-refractivity contribution in [3.05, 3.63) is 34.8 Å². The van der Waals surface area contributed by atoms with E-state index in [0.29, 0.717) is 24.5 Å². The summed E-state index contributed by atoms with van der Waals surface area (Å²) in [6.07, 6.45) is 2.70. The summed E-state index contributed by atoms with van der Waals surface area (Å²) in [6.45, 7) is 10.7. The van der Waals surface area contributed by atoms with Crippen LogP contribution in [0.1, 0.15) is 50.5 Å². The summed E-state index contributed by atoms with van der Waals surface area (Å²) >= 11 is 0. The van der Waals surface area contributed by atoms with E-state index in [4.69, 9.17) is 19.8 Å².